The molecule has 0 aliphatic rings. The predicted octanol–water partition coefficient (Wildman–Crippen LogP) is 3.24. The average Bonchev–Trinajstić information content (AvgIpc) is 2.35. The number of anilines is 1. The van der Waals surface area contributed by atoms with Crippen LogP contribution in [-0.4, -0.2) is 5.11 Å². The number of aromatic hydroxyl groups is 1. The van der Waals surface area contributed by atoms with Crippen LogP contribution >= 0.6 is 0 Å². The fourth-order valence-electron chi connectivity index (χ4n) is 1.50. The van der Waals surface area contributed by atoms with Crippen LogP contribution in [0.2, 0.25) is 0 Å². The zero-order valence-corrected chi connectivity index (χ0v) is 9.68. The van der Waals surface area contributed by atoms with Crippen molar-refractivity contribution in [1.29, 1.82) is 0 Å². The number of hydrogen-bond acceptors (Lipinski definition) is 3. The Morgan fingerprint density at radius 3 is 2.65 bits per heavy atom. The third-order valence-electron chi connectivity index (χ3n) is 2.42. The van der Waals surface area contributed by atoms with Crippen molar-refractivity contribution >= 4 is 5.69 Å². The minimum atomic E-state index is 0.184. The number of hydrogen-bond donors (Lipinski definition) is 2. The second kappa shape index (κ2) is 5.37. The van der Waals surface area contributed by atoms with Crippen molar-refractivity contribution in [1.82, 2.24) is 0 Å². The highest BCUT2D eigenvalue weighted by atomic mass is 16.6. The Bertz CT molecular complexity index is 483. The quantitative estimate of drug-likeness (QED) is 0.624. The summed E-state index contributed by atoms with van der Waals surface area (Å²) in [7, 11) is 0. The highest BCUT2D eigenvalue weighted by Crippen LogP contribution is 2.23. The molecule has 88 valence electrons. The summed E-state index contributed by atoms with van der Waals surface area (Å²) in [5, 5.41) is 9.59. The molecule has 2 rings (SSSR count). The molecule has 0 aromatic heterocycles. The monoisotopic (exact) mass is 229 g/mol. The van der Waals surface area contributed by atoms with Crippen LogP contribution in [0, 0.1) is 6.92 Å². The first-order valence-corrected chi connectivity index (χ1v) is 5.47. The van der Waals surface area contributed by atoms with Crippen LogP contribution in [0.15, 0.2) is 48.5 Å². The van der Waals surface area contributed by atoms with Crippen molar-refractivity contribution in [2.75, 3.05) is 5.48 Å². The van der Waals surface area contributed by atoms with E-state index in [0.29, 0.717) is 12.3 Å². The van der Waals surface area contributed by atoms with Crippen LogP contribution < -0.4 is 5.48 Å². The Hall–Kier alpha value is -2.00. The van der Waals surface area contributed by atoms with Crippen LogP contribution in [0.4, 0.5) is 5.69 Å². The summed E-state index contributed by atoms with van der Waals surface area (Å²) >= 11 is 0. The van der Waals surface area contributed by atoms with Crippen LogP contribution in [0.5, 0.6) is 5.75 Å². The van der Waals surface area contributed by atoms with E-state index < -0.39 is 0 Å². The van der Waals surface area contributed by atoms with Crippen LogP contribution in [0.3, 0.4) is 0 Å². The lowest BCUT2D eigenvalue weighted by atomic mass is 10.2. The molecule has 3 heteroatoms. The van der Waals surface area contributed by atoms with Gasteiger partial charge >= 0.3 is 0 Å². The zero-order valence-electron chi connectivity index (χ0n) is 9.68. The summed E-state index contributed by atoms with van der Waals surface area (Å²) in [4.78, 5) is 5.33. The molecular formula is C14H15NO2. The largest absolute Gasteiger partial charge is 0.506 e. The minimum Gasteiger partial charge on any atom is -0.506 e. The van der Waals surface area contributed by atoms with Crippen LogP contribution in [-0.2, 0) is 11.4 Å². The van der Waals surface area contributed by atoms with Crippen LogP contribution in [0.25, 0.3) is 0 Å². The summed E-state index contributed by atoms with van der Waals surface area (Å²) in [6.07, 6.45) is 0. The molecule has 0 fully saturated rings. The van der Waals surface area contributed by atoms with Gasteiger partial charge in [-0.15, -0.1) is 0 Å². The topological polar surface area (TPSA) is 41.5 Å². The fraction of sp³-hybridized carbons (Fsp3) is 0.143. The van der Waals surface area contributed by atoms with Crippen molar-refractivity contribution in [2.45, 2.75) is 13.5 Å². The molecular weight excluding hydrogens is 214 g/mol. The van der Waals surface area contributed by atoms with E-state index in [-0.39, 0.29) is 5.75 Å². The van der Waals surface area contributed by atoms with E-state index in [2.05, 4.69) is 5.48 Å². The Balaban J connectivity index is 1.92. The molecule has 0 atom stereocenters. The number of phenols is 1. The lowest BCUT2D eigenvalue weighted by Crippen LogP contribution is -2.01. The first kappa shape index (κ1) is 11.5. The third-order valence-corrected chi connectivity index (χ3v) is 2.42. The highest BCUT2D eigenvalue weighted by Gasteiger charge is 2.00. The van der Waals surface area contributed by atoms with E-state index in [4.69, 9.17) is 4.84 Å². The predicted molar refractivity (Wildman–Crippen MR) is 67.7 cm³/mol. The van der Waals surface area contributed by atoms with E-state index in [9.17, 15) is 5.11 Å². The molecule has 0 saturated carbocycles. The lowest BCUT2D eigenvalue weighted by Gasteiger charge is -2.09. The molecule has 0 spiro atoms. The third kappa shape index (κ3) is 3.23. The number of aryl methyl sites for hydroxylation is 1. The first-order chi connectivity index (χ1) is 8.25. The molecule has 2 aromatic carbocycles. The summed E-state index contributed by atoms with van der Waals surface area (Å²) in [6, 6.07) is 15.2. The van der Waals surface area contributed by atoms with Gasteiger partial charge in [0.15, 0.2) is 0 Å². The molecule has 0 unspecified atom stereocenters. The maximum atomic E-state index is 9.59. The van der Waals surface area contributed by atoms with Gasteiger partial charge in [-0.05, 0) is 30.2 Å². The lowest BCUT2D eigenvalue weighted by molar-refractivity contribution is 0.179. The van der Waals surface area contributed by atoms with Crippen LogP contribution in [0.1, 0.15) is 11.1 Å². The highest BCUT2D eigenvalue weighted by molar-refractivity contribution is 5.55. The van der Waals surface area contributed by atoms with Gasteiger partial charge in [0.25, 0.3) is 0 Å². The number of rotatable bonds is 4. The van der Waals surface area contributed by atoms with Gasteiger partial charge in [-0.25, -0.2) is 0 Å². The van der Waals surface area contributed by atoms with Gasteiger partial charge in [-0.2, -0.15) is 0 Å². The molecule has 0 aliphatic heterocycles. The maximum absolute atomic E-state index is 9.59. The van der Waals surface area contributed by atoms with Gasteiger partial charge in [0, 0.05) is 0 Å². The van der Waals surface area contributed by atoms with E-state index in [1.54, 1.807) is 6.07 Å². The molecule has 0 radical (unpaired) electrons. The Kier molecular flexibility index (Phi) is 3.62. The number of benzene rings is 2. The van der Waals surface area contributed by atoms with Crippen molar-refractivity contribution < 1.29 is 9.94 Å². The van der Waals surface area contributed by atoms with Gasteiger partial charge < -0.3 is 5.11 Å². The molecule has 0 heterocycles. The van der Waals surface area contributed by atoms with Gasteiger partial charge in [-0.3, -0.25) is 10.3 Å². The Morgan fingerprint density at radius 2 is 1.88 bits per heavy atom. The Labute approximate surface area is 101 Å². The van der Waals surface area contributed by atoms with E-state index >= 15 is 0 Å². The van der Waals surface area contributed by atoms with Crippen molar-refractivity contribution in [3.05, 3.63) is 59.7 Å². The molecule has 0 bridgehead atoms. The van der Waals surface area contributed by atoms with E-state index in [1.165, 1.54) is 0 Å². The van der Waals surface area contributed by atoms with Crippen molar-refractivity contribution in [3.63, 3.8) is 0 Å². The number of phenolic OH excluding ortho intramolecular Hbond substituents is 1. The molecule has 3 nitrogen and oxygen atoms in total. The molecule has 17 heavy (non-hydrogen) atoms. The summed E-state index contributed by atoms with van der Waals surface area (Å²) in [5.74, 6) is 0.184. The standard InChI is InChI=1S/C14H15NO2/c1-11-7-8-14(16)13(9-11)15-17-10-12-5-3-2-4-6-12/h2-9,15-16H,10H2,1H3. The minimum absolute atomic E-state index is 0.184. The molecule has 2 aromatic rings. The van der Waals surface area contributed by atoms with Crippen molar-refractivity contribution in [2.24, 2.45) is 0 Å². The smallest absolute Gasteiger partial charge is 0.140 e. The summed E-state index contributed by atoms with van der Waals surface area (Å²) in [5.41, 5.74) is 5.48. The number of nitrogens with one attached hydrogen (secondary N) is 1. The second-order valence-corrected chi connectivity index (χ2v) is 3.90. The summed E-state index contributed by atoms with van der Waals surface area (Å²) < 4.78 is 0. The fourth-order valence-corrected chi connectivity index (χ4v) is 1.50. The van der Waals surface area contributed by atoms with Gasteiger partial charge in [-0.1, -0.05) is 36.4 Å². The normalized spacial score (nSPS) is 10.2. The zero-order chi connectivity index (χ0) is 12.1. The van der Waals surface area contributed by atoms with Gasteiger partial charge in [0.05, 0.1) is 6.61 Å². The van der Waals surface area contributed by atoms with Gasteiger partial charge in [0.1, 0.15) is 11.4 Å². The van der Waals surface area contributed by atoms with Crippen molar-refractivity contribution in [3.8, 4) is 5.75 Å². The van der Waals surface area contributed by atoms with E-state index in [1.807, 2.05) is 49.4 Å². The maximum Gasteiger partial charge on any atom is 0.140 e. The summed E-state index contributed by atoms with van der Waals surface area (Å²) in [6.45, 7) is 2.41. The van der Waals surface area contributed by atoms with E-state index in [0.717, 1.165) is 11.1 Å². The molecule has 0 saturated heterocycles. The first-order valence-electron chi connectivity index (χ1n) is 5.47. The molecule has 0 aliphatic carbocycles. The average molecular weight is 229 g/mol. The SMILES string of the molecule is Cc1ccc(O)c(NOCc2ccccc2)c1. The van der Waals surface area contributed by atoms with Gasteiger partial charge in [0.2, 0.25) is 0 Å². The molecule has 0 amide bonds. The molecule has 2 N–H and O–H groups in total. The Morgan fingerprint density at radius 1 is 1.12 bits per heavy atom. The second-order valence-electron chi connectivity index (χ2n) is 3.90.